The number of carbonyl (C=O) groups excluding carboxylic acids is 1. The molecule has 1 aliphatic heterocycles. The zero-order chi connectivity index (χ0) is 15.2. The monoisotopic (exact) mass is 286 g/mol. The van der Waals surface area contributed by atoms with E-state index in [1.807, 2.05) is 13.0 Å². The molecule has 1 atom stereocenters. The van der Waals surface area contributed by atoms with Crippen LogP contribution in [0.4, 0.5) is 10.5 Å². The van der Waals surface area contributed by atoms with Crippen molar-refractivity contribution < 1.29 is 10.0 Å². The number of urea groups is 1. The molecule has 1 unspecified atom stereocenters. The molecule has 0 aliphatic carbocycles. The van der Waals surface area contributed by atoms with E-state index in [0.29, 0.717) is 30.8 Å². The van der Waals surface area contributed by atoms with Crippen molar-refractivity contribution in [3.8, 4) is 6.07 Å². The van der Waals surface area contributed by atoms with Gasteiger partial charge >= 0.3 is 6.03 Å². The average Bonchev–Trinajstić information content (AvgIpc) is 2.54. The lowest BCUT2D eigenvalue weighted by Gasteiger charge is -2.32. The number of piperidine rings is 1. The second-order valence-electron chi connectivity index (χ2n) is 5.02. The molecule has 6 nitrogen and oxygen atoms in total. The summed E-state index contributed by atoms with van der Waals surface area (Å²) in [5.41, 5.74) is 1.87. The Bertz CT molecular complexity index is 592. The Balaban J connectivity index is 2.02. The molecule has 1 fully saturated rings. The molecule has 0 aromatic heterocycles. The van der Waals surface area contributed by atoms with E-state index in [4.69, 9.17) is 10.5 Å². The highest BCUT2D eigenvalue weighted by Gasteiger charge is 2.27. The molecule has 2 rings (SSSR count). The molecule has 0 spiro atoms. The van der Waals surface area contributed by atoms with Gasteiger partial charge in [-0.15, -0.1) is 0 Å². The summed E-state index contributed by atoms with van der Waals surface area (Å²) in [5, 5.41) is 23.9. The minimum absolute atomic E-state index is 0.0972. The Kier molecular flexibility index (Phi) is 4.77. The van der Waals surface area contributed by atoms with E-state index in [0.717, 1.165) is 12.1 Å². The van der Waals surface area contributed by atoms with Crippen molar-refractivity contribution >= 4 is 17.4 Å². The number of benzene rings is 1. The summed E-state index contributed by atoms with van der Waals surface area (Å²) in [7, 11) is 0. The van der Waals surface area contributed by atoms with Gasteiger partial charge in [0.15, 0.2) is 0 Å². The predicted molar refractivity (Wildman–Crippen MR) is 79.4 cm³/mol. The third kappa shape index (κ3) is 3.51. The zero-order valence-electron chi connectivity index (χ0n) is 11.9. The minimum atomic E-state index is -0.194. The highest BCUT2D eigenvalue weighted by molar-refractivity contribution is 5.93. The van der Waals surface area contributed by atoms with Gasteiger partial charge in [-0.2, -0.15) is 5.26 Å². The summed E-state index contributed by atoms with van der Waals surface area (Å²) in [5.74, 6) is 0.0972. The molecule has 1 heterocycles. The van der Waals surface area contributed by atoms with Crippen LogP contribution in [-0.4, -0.2) is 34.9 Å². The van der Waals surface area contributed by atoms with Crippen LogP contribution in [0.5, 0.6) is 0 Å². The molecule has 0 bridgehead atoms. The van der Waals surface area contributed by atoms with Crippen molar-refractivity contribution in [1.82, 2.24) is 4.90 Å². The molecule has 2 N–H and O–H groups in total. The number of likely N-dealkylation sites (tertiary alicyclic amines) is 1. The summed E-state index contributed by atoms with van der Waals surface area (Å²) < 4.78 is 0. The Morgan fingerprint density at radius 3 is 3.10 bits per heavy atom. The second kappa shape index (κ2) is 6.75. The van der Waals surface area contributed by atoms with Crippen molar-refractivity contribution in [3.63, 3.8) is 0 Å². The highest BCUT2D eigenvalue weighted by atomic mass is 16.4. The fourth-order valence-electron chi connectivity index (χ4n) is 2.47. The van der Waals surface area contributed by atoms with Gasteiger partial charge in [0.2, 0.25) is 0 Å². The van der Waals surface area contributed by atoms with Crippen LogP contribution in [-0.2, 0) is 0 Å². The molecule has 110 valence electrons. The van der Waals surface area contributed by atoms with Crippen molar-refractivity contribution in [2.45, 2.75) is 19.8 Å². The number of amides is 2. The molecule has 6 heteroatoms. The van der Waals surface area contributed by atoms with Crippen LogP contribution in [0.1, 0.15) is 25.3 Å². The van der Waals surface area contributed by atoms with Gasteiger partial charge in [0, 0.05) is 31.1 Å². The van der Waals surface area contributed by atoms with E-state index in [1.165, 1.54) is 0 Å². The Hall–Kier alpha value is -2.55. The molecule has 0 saturated carbocycles. The van der Waals surface area contributed by atoms with Crippen molar-refractivity contribution in [2.75, 3.05) is 18.4 Å². The number of hydrogen-bond donors (Lipinski definition) is 2. The first-order valence-electron chi connectivity index (χ1n) is 6.94. The van der Waals surface area contributed by atoms with Crippen LogP contribution in [0.25, 0.3) is 0 Å². The SMILES string of the molecule is CCC1CN(C(=O)Nc2cccc(C#N)c2)CC/C1=N\O. The van der Waals surface area contributed by atoms with Crippen LogP contribution in [0.15, 0.2) is 29.4 Å². The fourth-order valence-corrected chi connectivity index (χ4v) is 2.47. The van der Waals surface area contributed by atoms with Crippen LogP contribution in [0.2, 0.25) is 0 Å². The molecule has 21 heavy (non-hydrogen) atoms. The Labute approximate surface area is 123 Å². The summed E-state index contributed by atoms with van der Waals surface area (Å²) in [6, 6.07) is 8.66. The number of rotatable bonds is 2. The maximum Gasteiger partial charge on any atom is 0.321 e. The molecule has 1 aliphatic rings. The van der Waals surface area contributed by atoms with Crippen LogP contribution in [0, 0.1) is 17.2 Å². The summed E-state index contributed by atoms with van der Waals surface area (Å²) >= 11 is 0. The summed E-state index contributed by atoms with van der Waals surface area (Å²) in [4.78, 5) is 14.0. The zero-order valence-corrected chi connectivity index (χ0v) is 11.9. The van der Waals surface area contributed by atoms with E-state index >= 15 is 0 Å². The summed E-state index contributed by atoms with van der Waals surface area (Å²) in [6.45, 7) is 3.08. The van der Waals surface area contributed by atoms with Crippen LogP contribution in [0.3, 0.4) is 0 Å². The van der Waals surface area contributed by atoms with Crippen molar-refractivity contribution in [3.05, 3.63) is 29.8 Å². The third-order valence-electron chi connectivity index (χ3n) is 3.70. The predicted octanol–water partition coefficient (Wildman–Crippen LogP) is 2.65. The van der Waals surface area contributed by atoms with Crippen LogP contribution >= 0.6 is 0 Å². The minimum Gasteiger partial charge on any atom is -0.411 e. The smallest absolute Gasteiger partial charge is 0.321 e. The first-order chi connectivity index (χ1) is 10.2. The van der Waals surface area contributed by atoms with Gasteiger partial charge in [-0.1, -0.05) is 18.1 Å². The number of carbonyl (C=O) groups is 1. The van der Waals surface area contributed by atoms with E-state index in [2.05, 4.69) is 10.5 Å². The molecule has 1 aromatic carbocycles. The number of nitriles is 1. The molecular formula is C15H18N4O2. The molecule has 0 radical (unpaired) electrons. The highest BCUT2D eigenvalue weighted by Crippen LogP contribution is 2.19. The quantitative estimate of drug-likeness (QED) is 0.647. The van der Waals surface area contributed by atoms with Crippen molar-refractivity contribution in [2.24, 2.45) is 11.1 Å². The van der Waals surface area contributed by atoms with Gasteiger partial charge in [-0.25, -0.2) is 4.79 Å². The number of anilines is 1. The Morgan fingerprint density at radius 2 is 2.43 bits per heavy atom. The normalized spacial score (nSPS) is 20.1. The van der Waals surface area contributed by atoms with Gasteiger partial charge in [-0.3, -0.25) is 0 Å². The fraction of sp³-hybridized carbons (Fsp3) is 0.400. The van der Waals surface area contributed by atoms with E-state index in [-0.39, 0.29) is 11.9 Å². The van der Waals surface area contributed by atoms with Gasteiger partial charge in [-0.05, 0) is 24.6 Å². The van der Waals surface area contributed by atoms with Crippen LogP contribution < -0.4 is 5.32 Å². The van der Waals surface area contributed by atoms with E-state index in [9.17, 15) is 4.79 Å². The standard InChI is InChI=1S/C15H18N4O2/c1-2-12-10-19(7-6-14(12)18-21)15(20)17-13-5-3-4-11(8-13)9-16/h3-5,8,12,21H,2,6-7,10H2,1H3,(H,17,20)/b18-14+. The lowest BCUT2D eigenvalue weighted by atomic mass is 9.93. The van der Waals surface area contributed by atoms with E-state index in [1.54, 1.807) is 29.2 Å². The topological polar surface area (TPSA) is 88.7 Å². The number of oxime groups is 1. The van der Waals surface area contributed by atoms with Gasteiger partial charge in [0.1, 0.15) is 0 Å². The molecular weight excluding hydrogens is 268 g/mol. The lowest BCUT2D eigenvalue weighted by molar-refractivity contribution is 0.200. The largest absolute Gasteiger partial charge is 0.411 e. The first-order valence-corrected chi connectivity index (χ1v) is 6.94. The molecule has 1 aromatic rings. The van der Waals surface area contributed by atoms with Gasteiger partial charge in [0.25, 0.3) is 0 Å². The van der Waals surface area contributed by atoms with Gasteiger partial charge < -0.3 is 15.4 Å². The Morgan fingerprint density at radius 1 is 1.62 bits per heavy atom. The van der Waals surface area contributed by atoms with Gasteiger partial charge in [0.05, 0.1) is 17.3 Å². The second-order valence-corrected chi connectivity index (χ2v) is 5.02. The van der Waals surface area contributed by atoms with E-state index < -0.39 is 0 Å². The summed E-state index contributed by atoms with van der Waals surface area (Å²) in [6.07, 6.45) is 1.41. The molecule has 1 saturated heterocycles. The third-order valence-corrected chi connectivity index (χ3v) is 3.70. The lowest BCUT2D eigenvalue weighted by Crippen LogP contribution is -2.45. The maximum atomic E-state index is 12.3. The number of hydrogen-bond acceptors (Lipinski definition) is 4. The maximum absolute atomic E-state index is 12.3. The molecule has 2 amide bonds. The number of nitrogens with zero attached hydrogens (tertiary/aromatic N) is 3. The first kappa shape index (κ1) is 14.9. The number of nitrogens with one attached hydrogen (secondary N) is 1. The van der Waals surface area contributed by atoms with Crippen molar-refractivity contribution in [1.29, 1.82) is 5.26 Å². The average molecular weight is 286 g/mol.